The number of carbonyl (C=O) groups is 1. The monoisotopic (exact) mass is 393 g/mol. The summed E-state index contributed by atoms with van der Waals surface area (Å²) in [6.45, 7) is 22.8. The molecule has 162 valence electrons. The number of rotatable bonds is 9. The maximum absolute atomic E-state index is 13.3. The first-order valence-corrected chi connectivity index (χ1v) is 10.4. The van der Waals surface area contributed by atoms with Crippen LogP contribution in [0.2, 0.25) is 0 Å². The summed E-state index contributed by atoms with van der Waals surface area (Å²) < 4.78 is 1.85. The van der Waals surface area contributed by atoms with E-state index < -0.39 is 11.0 Å². The van der Waals surface area contributed by atoms with Crippen LogP contribution >= 0.6 is 0 Å². The van der Waals surface area contributed by atoms with E-state index in [9.17, 15) is 4.79 Å². The first kappa shape index (κ1) is 24.6. The number of nitrogens with one attached hydrogen (secondary N) is 1. The van der Waals surface area contributed by atoms with Crippen LogP contribution in [0.1, 0.15) is 87.8 Å². The fourth-order valence-corrected chi connectivity index (χ4v) is 3.78. The molecule has 0 spiro atoms. The van der Waals surface area contributed by atoms with Crippen molar-refractivity contribution in [3.8, 4) is 0 Å². The predicted molar refractivity (Wildman–Crippen MR) is 116 cm³/mol. The summed E-state index contributed by atoms with van der Waals surface area (Å²) in [4.78, 5) is 15.5. The van der Waals surface area contributed by atoms with Crippen molar-refractivity contribution >= 4 is 5.91 Å². The molecular formula is C22H43N5O. The molecule has 6 heteroatoms. The number of carbonyl (C=O) groups excluding carboxylic acids is 1. The lowest BCUT2D eigenvalue weighted by Crippen LogP contribution is -2.57. The Balaban J connectivity index is 2.98. The molecule has 6 nitrogen and oxygen atoms in total. The van der Waals surface area contributed by atoms with Crippen LogP contribution in [-0.2, 0) is 16.9 Å². The highest BCUT2D eigenvalue weighted by Crippen LogP contribution is 2.38. The summed E-state index contributed by atoms with van der Waals surface area (Å²) in [7, 11) is 2.09. The van der Waals surface area contributed by atoms with Crippen LogP contribution in [0.3, 0.4) is 0 Å². The summed E-state index contributed by atoms with van der Waals surface area (Å²) in [6, 6.07) is 0. The molecule has 0 aliphatic carbocycles. The van der Waals surface area contributed by atoms with E-state index in [2.05, 4.69) is 83.0 Å². The van der Waals surface area contributed by atoms with Crippen LogP contribution in [0.4, 0.5) is 0 Å². The molecule has 0 bridgehead atoms. The molecule has 0 fully saturated rings. The van der Waals surface area contributed by atoms with Crippen molar-refractivity contribution in [3.63, 3.8) is 0 Å². The minimum absolute atomic E-state index is 0.0342. The third-order valence-corrected chi connectivity index (χ3v) is 5.67. The van der Waals surface area contributed by atoms with Gasteiger partial charge in [-0.2, -0.15) is 0 Å². The maximum Gasteiger partial charge on any atom is 0.228 e. The van der Waals surface area contributed by atoms with Crippen molar-refractivity contribution < 1.29 is 4.79 Å². The van der Waals surface area contributed by atoms with Gasteiger partial charge in [0.25, 0.3) is 0 Å². The van der Waals surface area contributed by atoms with E-state index in [1.54, 1.807) is 0 Å². The Hall–Kier alpha value is -1.43. The van der Waals surface area contributed by atoms with E-state index in [4.69, 9.17) is 0 Å². The van der Waals surface area contributed by atoms with Crippen LogP contribution in [-0.4, -0.2) is 44.9 Å². The standard InChI is InChI=1S/C22H43N5O/c1-12-13-26(11)14-17-15-27(25-24-17)22(9,10)21(7,8)18(28)23-20(5,6)16-19(2,3)4/h15H,12-14,16H2,1-11H3,(H,23,28). The first-order valence-electron chi connectivity index (χ1n) is 10.4. The highest BCUT2D eigenvalue weighted by molar-refractivity contribution is 5.83. The summed E-state index contributed by atoms with van der Waals surface area (Å²) in [5, 5.41) is 12.0. The molecule has 1 rings (SSSR count). The summed E-state index contributed by atoms with van der Waals surface area (Å²) in [5.41, 5.74) is -0.402. The fraction of sp³-hybridized carbons (Fsp3) is 0.864. The van der Waals surface area contributed by atoms with Crippen molar-refractivity contribution in [1.82, 2.24) is 25.2 Å². The summed E-state index contributed by atoms with van der Waals surface area (Å²) >= 11 is 0. The van der Waals surface area contributed by atoms with E-state index in [0.717, 1.165) is 31.6 Å². The molecule has 0 atom stereocenters. The van der Waals surface area contributed by atoms with Gasteiger partial charge in [-0.15, -0.1) is 5.10 Å². The lowest BCUT2D eigenvalue weighted by molar-refractivity contribution is -0.137. The largest absolute Gasteiger partial charge is 0.351 e. The average molecular weight is 394 g/mol. The van der Waals surface area contributed by atoms with E-state index >= 15 is 0 Å². The molecule has 28 heavy (non-hydrogen) atoms. The van der Waals surface area contributed by atoms with Crippen LogP contribution in [0.25, 0.3) is 0 Å². The van der Waals surface area contributed by atoms with Gasteiger partial charge < -0.3 is 10.2 Å². The van der Waals surface area contributed by atoms with E-state index in [-0.39, 0.29) is 16.9 Å². The minimum Gasteiger partial charge on any atom is -0.351 e. The normalized spacial score (nSPS) is 13.9. The van der Waals surface area contributed by atoms with Gasteiger partial charge in [-0.25, -0.2) is 4.68 Å². The molecule has 1 heterocycles. The highest BCUT2D eigenvalue weighted by Gasteiger charge is 2.47. The van der Waals surface area contributed by atoms with Crippen LogP contribution in [0, 0.1) is 10.8 Å². The number of hydrogen-bond acceptors (Lipinski definition) is 4. The molecule has 0 radical (unpaired) electrons. The lowest BCUT2D eigenvalue weighted by Gasteiger charge is -2.43. The van der Waals surface area contributed by atoms with Gasteiger partial charge in [0.1, 0.15) is 0 Å². The Morgan fingerprint density at radius 3 is 2.18 bits per heavy atom. The third-order valence-electron chi connectivity index (χ3n) is 5.67. The van der Waals surface area contributed by atoms with Gasteiger partial charge in [0, 0.05) is 12.1 Å². The Kier molecular flexibility index (Phi) is 7.49. The van der Waals surface area contributed by atoms with Crippen molar-refractivity contribution in [2.75, 3.05) is 13.6 Å². The molecule has 1 aromatic rings. The van der Waals surface area contributed by atoms with Gasteiger partial charge in [0.15, 0.2) is 0 Å². The van der Waals surface area contributed by atoms with Gasteiger partial charge in [0.2, 0.25) is 5.91 Å². The Morgan fingerprint density at radius 1 is 1.11 bits per heavy atom. The summed E-state index contributed by atoms with van der Waals surface area (Å²) in [6.07, 6.45) is 3.98. The smallest absolute Gasteiger partial charge is 0.228 e. The zero-order chi connectivity index (χ0) is 22.0. The molecule has 1 amide bonds. The number of aromatic nitrogens is 3. The van der Waals surface area contributed by atoms with Crippen molar-refractivity contribution in [2.45, 2.75) is 99.7 Å². The van der Waals surface area contributed by atoms with Crippen LogP contribution < -0.4 is 5.32 Å². The van der Waals surface area contributed by atoms with Gasteiger partial charge in [-0.3, -0.25) is 4.79 Å². The van der Waals surface area contributed by atoms with Gasteiger partial charge in [-0.1, -0.05) is 32.9 Å². The number of hydrogen-bond donors (Lipinski definition) is 1. The Labute approximate surface area is 172 Å². The lowest BCUT2D eigenvalue weighted by atomic mass is 9.72. The van der Waals surface area contributed by atoms with Gasteiger partial charge in [-0.05, 0) is 73.4 Å². The molecule has 0 saturated carbocycles. The number of nitrogens with zero attached hydrogens (tertiary/aromatic N) is 4. The van der Waals surface area contributed by atoms with Crippen molar-refractivity contribution in [2.24, 2.45) is 10.8 Å². The molecule has 0 saturated heterocycles. The van der Waals surface area contributed by atoms with E-state index in [0.29, 0.717) is 0 Å². The van der Waals surface area contributed by atoms with Crippen LogP contribution in [0.5, 0.6) is 0 Å². The zero-order valence-electron chi connectivity index (χ0n) is 20.1. The third kappa shape index (κ3) is 6.29. The topological polar surface area (TPSA) is 63.1 Å². The molecule has 0 aliphatic heterocycles. The minimum atomic E-state index is -0.664. The molecular weight excluding hydrogens is 350 g/mol. The highest BCUT2D eigenvalue weighted by atomic mass is 16.2. The van der Waals surface area contributed by atoms with Crippen LogP contribution in [0.15, 0.2) is 6.20 Å². The molecule has 1 aromatic heterocycles. The Morgan fingerprint density at radius 2 is 1.68 bits per heavy atom. The zero-order valence-corrected chi connectivity index (χ0v) is 20.1. The van der Waals surface area contributed by atoms with Gasteiger partial charge >= 0.3 is 0 Å². The fourth-order valence-electron chi connectivity index (χ4n) is 3.78. The maximum atomic E-state index is 13.3. The van der Waals surface area contributed by atoms with Gasteiger partial charge in [0.05, 0.1) is 22.8 Å². The SMILES string of the molecule is CCCN(C)Cc1cn(C(C)(C)C(C)(C)C(=O)NC(C)(C)CC(C)(C)C)nn1. The predicted octanol–water partition coefficient (Wildman–Crippen LogP) is 4.21. The molecule has 0 aliphatic rings. The first-order chi connectivity index (χ1) is 12.5. The Bertz CT molecular complexity index is 652. The molecule has 0 unspecified atom stereocenters. The summed E-state index contributed by atoms with van der Waals surface area (Å²) in [5.74, 6) is 0.0342. The average Bonchev–Trinajstić information content (AvgIpc) is 2.92. The van der Waals surface area contributed by atoms with Crippen molar-refractivity contribution in [3.05, 3.63) is 11.9 Å². The van der Waals surface area contributed by atoms with Crippen molar-refractivity contribution in [1.29, 1.82) is 0 Å². The second kappa shape index (κ2) is 8.52. The number of amides is 1. The second-order valence-corrected chi connectivity index (χ2v) is 11.2. The molecule has 0 aromatic carbocycles. The van der Waals surface area contributed by atoms with E-state index in [1.165, 1.54) is 0 Å². The quantitative estimate of drug-likeness (QED) is 0.682. The van der Waals surface area contributed by atoms with E-state index in [1.807, 2.05) is 24.7 Å². The second-order valence-electron chi connectivity index (χ2n) is 11.2. The molecule has 1 N–H and O–H groups in total.